The molecule has 2 aromatic carbocycles. The van der Waals surface area contributed by atoms with Gasteiger partial charge >= 0.3 is 0 Å². The lowest BCUT2D eigenvalue weighted by Gasteiger charge is -2.36. The summed E-state index contributed by atoms with van der Waals surface area (Å²) in [5.41, 5.74) is 3.36. The van der Waals surface area contributed by atoms with Gasteiger partial charge in [-0.25, -0.2) is 4.68 Å². The van der Waals surface area contributed by atoms with Gasteiger partial charge in [-0.3, -0.25) is 4.79 Å². The molecule has 1 aliphatic heterocycles. The first-order valence-electron chi connectivity index (χ1n) is 9.31. The molecule has 1 amide bonds. The zero-order valence-corrected chi connectivity index (χ0v) is 17.2. The third kappa shape index (κ3) is 4.26. The molecule has 3 aromatic rings. The third-order valence-electron chi connectivity index (χ3n) is 5.01. The van der Waals surface area contributed by atoms with E-state index in [2.05, 4.69) is 15.6 Å². The molecule has 1 aliphatic rings. The van der Waals surface area contributed by atoms with Gasteiger partial charge in [0.05, 0.1) is 25.0 Å². The van der Waals surface area contributed by atoms with Crippen LogP contribution in [0.4, 0.5) is 0 Å². The van der Waals surface area contributed by atoms with E-state index in [-0.39, 0.29) is 24.4 Å². The number of piperazine rings is 1. The maximum atomic E-state index is 13.2. The van der Waals surface area contributed by atoms with Crippen LogP contribution in [-0.4, -0.2) is 52.5 Å². The number of benzene rings is 2. The Morgan fingerprint density at radius 2 is 1.93 bits per heavy atom. The van der Waals surface area contributed by atoms with Crippen molar-refractivity contribution >= 4 is 18.3 Å². The molecule has 1 unspecified atom stereocenters. The van der Waals surface area contributed by atoms with Crippen LogP contribution < -0.4 is 10.1 Å². The van der Waals surface area contributed by atoms with Gasteiger partial charge in [0, 0.05) is 25.2 Å². The molecule has 8 heteroatoms. The average molecular weight is 414 g/mol. The summed E-state index contributed by atoms with van der Waals surface area (Å²) in [6, 6.07) is 15.6. The van der Waals surface area contributed by atoms with E-state index in [1.54, 1.807) is 18.0 Å². The van der Waals surface area contributed by atoms with E-state index >= 15 is 0 Å². The summed E-state index contributed by atoms with van der Waals surface area (Å²) in [5, 5.41) is 11.6. The van der Waals surface area contributed by atoms with Crippen LogP contribution in [0.3, 0.4) is 0 Å². The second kappa shape index (κ2) is 9.07. The number of hydrogen-bond acceptors (Lipinski definition) is 5. The standard InChI is InChI=1S/C21H23N5O2.ClH/c1-15-7-9-16(10-8-15)26-14-18(23-24-26)21(27)25-12-11-22-13-19(25)17-5-3-4-6-20(17)28-2;/h3-10,14,19,22H,11-13H2,1-2H3;1H. The first-order valence-corrected chi connectivity index (χ1v) is 9.31. The number of aromatic nitrogens is 3. The van der Waals surface area contributed by atoms with Crippen LogP contribution in [0, 0.1) is 6.92 Å². The summed E-state index contributed by atoms with van der Waals surface area (Å²) in [7, 11) is 1.65. The lowest BCUT2D eigenvalue weighted by Crippen LogP contribution is -2.48. The van der Waals surface area contributed by atoms with E-state index in [1.165, 1.54) is 5.56 Å². The maximum Gasteiger partial charge on any atom is 0.276 e. The van der Waals surface area contributed by atoms with Gasteiger partial charge in [-0.05, 0) is 25.1 Å². The minimum atomic E-state index is -0.129. The molecular weight excluding hydrogens is 390 g/mol. The summed E-state index contributed by atoms with van der Waals surface area (Å²) >= 11 is 0. The van der Waals surface area contributed by atoms with Crippen LogP contribution in [0.1, 0.15) is 27.7 Å². The highest BCUT2D eigenvalue weighted by molar-refractivity contribution is 5.92. The number of ether oxygens (including phenoxy) is 1. The normalized spacial score (nSPS) is 16.2. The number of rotatable bonds is 4. The first kappa shape index (κ1) is 20.8. The van der Waals surface area contributed by atoms with Gasteiger partial charge in [0.1, 0.15) is 5.75 Å². The Morgan fingerprint density at radius 1 is 1.17 bits per heavy atom. The molecule has 0 spiro atoms. The van der Waals surface area contributed by atoms with E-state index < -0.39 is 0 Å². The van der Waals surface area contributed by atoms with E-state index in [4.69, 9.17) is 4.74 Å². The van der Waals surface area contributed by atoms with Gasteiger partial charge in [0.25, 0.3) is 5.91 Å². The summed E-state index contributed by atoms with van der Waals surface area (Å²) < 4.78 is 7.14. The number of hydrogen-bond donors (Lipinski definition) is 1. The van der Waals surface area contributed by atoms with Crippen LogP contribution in [0.25, 0.3) is 5.69 Å². The van der Waals surface area contributed by atoms with Gasteiger partial charge in [-0.1, -0.05) is 41.1 Å². The van der Waals surface area contributed by atoms with Crippen molar-refractivity contribution in [1.82, 2.24) is 25.2 Å². The topological polar surface area (TPSA) is 72.3 Å². The number of methoxy groups -OCH3 is 1. The highest BCUT2D eigenvalue weighted by Gasteiger charge is 2.31. The van der Waals surface area contributed by atoms with Crippen molar-refractivity contribution < 1.29 is 9.53 Å². The quantitative estimate of drug-likeness (QED) is 0.712. The molecular formula is C21H24ClN5O2. The van der Waals surface area contributed by atoms with Crippen LogP contribution >= 0.6 is 12.4 Å². The monoisotopic (exact) mass is 413 g/mol. The van der Waals surface area contributed by atoms with E-state index in [1.807, 2.05) is 60.4 Å². The minimum Gasteiger partial charge on any atom is -0.496 e. The lowest BCUT2D eigenvalue weighted by molar-refractivity contribution is 0.0625. The summed E-state index contributed by atoms with van der Waals surface area (Å²) in [6.45, 7) is 4.03. The summed E-state index contributed by atoms with van der Waals surface area (Å²) in [5.74, 6) is 0.646. The van der Waals surface area contributed by atoms with Crippen molar-refractivity contribution in [2.45, 2.75) is 13.0 Å². The molecule has 0 bridgehead atoms. The Labute approximate surface area is 176 Å². The van der Waals surface area contributed by atoms with Crippen LogP contribution in [0.15, 0.2) is 54.7 Å². The van der Waals surface area contributed by atoms with Crippen LogP contribution in [-0.2, 0) is 0 Å². The van der Waals surface area contributed by atoms with Crippen molar-refractivity contribution in [2.75, 3.05) is 26.7 Å². The summed E-state index contributed by atoms with van der Waals surface area (Å²) in [6.07, 6.45) is 1.69. The van der Waals surface area contributed by atoms with Crippen LogP contribution in [0.2, 0.25) is 0 Å². The zero-order valence-electron chi connectivity index (χ0n) is 16.4. The molecule has 1 N–H and O–H groups in total. The van der Waals surface area contributed by atoms with Gasteiger partial charge in [-0.2, -0.15) is 0 Å². The fourth-order valence-corrected chi connectivity index (χ4v) is 3.50. The number of carbonyl (C=O) groups is 1. The number of carbonyl (C=O) groups excluding carboxylic acids is 1. The average Bonchev–Trinajstić information content (AvgIpc) is 3.24. The summed E-state index contributed by atoms with van der Waals surface area (Å²) in [4.78, 5) is 15.1. The number of aryl methyl sites for hydroxylation is 1. The molecule has 7 nitrogen and oxygen atoms in total. The Bertz CT molecular complexity index is 973. The molecule has 152 valence electrons. The molecule has 1 fully saturated rings. The fourth-order valence-electron chi connectivity index (χ4n) is 3.50. The number of halogens is 1. The molecule has 1 saturated heterocycles. The predicted octanol–water partition coefficient (Wildman–Crippen LogP) is 2.79. The van der Waals surface area contributed by atoms with E-state index in [9.17, 15) is 4.79 Å². The predicted molar refractivity (Wildman–Crippen MR) is 113 cm³/mol. The maximum absolute atomic E-state index is 13.2. The van der Waals surface area contributed by atoms with Gasteiger partial charge < -0.3 is 15.0 Å². The SMILES string of the molecule is COc1ccccc1C1CNCCN1C(=O)c1cn(-c2ccc(C)cc2)nn1.Cl. The highest BCUT2D eigenvalue weighted by Crippen LogP contribution is 2.31. The first-order chi connectivity index (χ1) is 13.7. The minimum absolute atomic E-state index is 0. The van der Waals surface area contributed by atoms with Crippen LogP contribution in [0.5, 0.6) is 5.75 Å². The number of para-hydroxylation sites is 1. The van der Waals surface area contributed by atoms with Gasteiger partial charge in [-0.15, -0.1) is 17.5 Å². The van der Waals surface area contributed by atoms with Crippen molar-refractivity contribution in [2.24, 2.45) is 0 Å². The number of nitrogens with one attached hydrogen (secondary N) is 1. The molecule has 1 aromatic heterocycles. The van der Waals surface area contributed by atoms with Gasteiger partial charge in [0.15, 0.2) is 5.69 Å². The Kier molecular flexibility index (Phi) is 6.51. The Hall–Kier alpha value is -2.90. The second-order valence-corrected chi connectivity index (χ2v) is 6.84. The number of amides is 1. The third-order valence-corrected chi connectivity index (χ3v) is 5.01. The van der Waals surface area contributed by atoms with Gasteiger partial charge in [0.2, 0.25) is 0 Å². The van der Waals surface area contributed by atoms with Crippen molar-refractivity contribution in [1.29, 1.82) is 0 Å². The highest BCUT2D eigenvalue weighted by atomic mass is 35.5. The largest absolute Gasteiger partial charge is 0.496 e. The lowest BCUT2D eigenvalue weighted by atomic mass is 10.0. The van der Waals surface area contributed by atoms with Crippen molar-refractivity contribution in [3.05, 3.63) is 71.5 Å². The zero-order chi connectivity index (χ0) is 19.5. The van der Waals surface area contributed by atoms with Crippen molar-refractivity contribution in [3.63, 3.8) is 0 Å². The molecule has 0 radical (unpaired) electrons. The Morgan fingerprint density at radius 3 is 2.69 bits per heavy atom. The molecule has 0 saturated carbocycles. The fraction of sp³-hybridized carbons (Fsp3) is 0.286. The molecule has 4 rings (SSSR count). The number of nitrogens with zero attached hydrogens (tertiary/aromatic N) is 4. The second-order valence-electron chi connectivity index (χ2n) is 6.84. The molecule has 1 atom stereocenters. The molecule has 29 heavy (non-hydrogen) atoms. The molecule has 0 aliphatic carbocycles. The van der Waals surface area contributed by atoms with E-state index in [0.29, 0.717) is 18.8 Å². The Balaban J connectivity index is 0.00000240. The smallest absolute Gasteiger partial charge is 0.276 e. The van der Waals surface area contributed by atoms with E-state index in [0.717, 1.165) is 23.5 Å². The molecule has 2 heterocycles. The van der Waals surface area contributed by atoms with Crippen molar-refractivity contribution in [3.8, 4) is 11.4 Å².